The highest BCUT2D eigenvalue weighted by Crippen LogP contribution is 2.36. The molecule has 1 unspecified atom stereocenters. The number of nitrogens with zero attached hydrogens (tertiary/aromatic N) is 1. The molecule has 3 N–H and O–H groups in total. The van der Waals surface area contributed by atoms with Gasteiger partial charge in [0.15, 0.2) is 10.7 Å². The normalized spacial score (nSPS) is 18.3. The second-order valence-corrected chi connectivity index (χ2v) is 6.44. The van der Waals surface area contributed by atoms with Gasteiger partial charge in [-0.05, 0) is 40.5 Å². The Hall–Kier alpha value is -2.80. The van der Waals surface area contributed by atoms with Crippen LogP contribution in [0, 0.1) is 0 Å². The van der Waals surface area contributed by atoms with Gasteiger partial charge in [-0.2, -0.15) is 0 Å². The number of carbonyl (C=O) groups is 1. The van der Waals surface area contributed by atoms with Crippen molar-refractivity contribution in [2.24, 2.45) is 0 Å². The van der Waals surface area contributed by atoms with Crippen LogP contribution in [0.1, 0.15) is 24.1 Å². The third kappa shape index (κ3) is 3.43. The number of carboxylic acid groups (broad SMARTS) is 1. The van der Waals surface area contributed by atoms with Crippen molar-refractivity contribution in [2.75, 3.05) is 12.4 Å². The van der Waals surface area contributed by atoms with E-state index in [-0.39, 0.29) is 0 Å². The third-order valence-electron chi connectivity index (χ3n) is 4.13. The van der Waals surface area contributed by atoms with Gasteiger partial charge in [0.1, 0.15) is 0 Å². The summed E-state index contributed by atoms with van der Waals surface area (Å²) in [6.07, 6.45) is 3.41. The highest BCUT2D eigenvalue weighted by atomic mass is 79.9. The zero-order valence-corrected chi connectivity index (χ0v) is 15.9. The first kappa shape index (κ1) is 18.0. The summed E-state index contributed by atoms with van der Waals surface area (Å²) < 4.78 is 5.74. The Kier molecular flexibility index (Phi) is 5.27. The zero-order valence-electron chi connectivity index (χ0n) is 14.3. The van der Waals surface area contributed by atoms with Crippen LogP contribution >= 0.6 is 15.9 Å². The first-order chi connectivity index (χ1) is 12.5. The van der Waals surface area contributed by atoms with Gasteiger partial charge >= 0.3 is 5.97 Å². The number of aromatic nitrogens is 1. The van der Waals surface area contributed by atoms with E-state index in [9.17, 15) is 9.90 Å². The van der Waals surface area contributed by atoms with Gasteiger partial charge in [0.05, 0.1) is 30.4 Å². The van der Waals surface area contributed by atoms with E-state index in [4.69, 9.17) is 4.74 Å². The van der Waals surface area contributed by atoms with Crippen molar-refractivity contribution in [3.8, 4) is 0 Å². The van der Waals surface area contributed by atoms with Crippen molar-refractivity contribution in [2.45, 2.75) is 13.0 Å². The van der Waals surface area contributed by atoms with Crippen LogP contribution in [0.3, 0.4) is 0 Å². The minimum atomic E-state index is -0.971. The maximum Gasteiger partial charge on any atom is 0.330 e. The number of aliphatic carboxylic acids is 1. The third-order valence-corrected chi connectivity index (χ3v) is 4.85. The van der Waals surface area contributed by atoms with Crippen LogP contribution < -0.4 is 10.6 Å². The monoisotopic (exact) mass is 415 g/mol. The number of halogens is 1. The Bertz CT molecular complexity index is 894. The number of carboxylic acids is 1. The topological polar surface area (TPSA) is 83.5 Å². The number of nitrogens with one attached hydrogen (secondary N) is 2. The lowest BCUT2D eigenvalue weighted by Gasteiger charge is -2.18. The smallest absolute Gasteiger partial charge is 0.330 e. The van der Waals surface area contributed by atoms with Gasteiger partial charge in [0.2, 0.25) is 0 Å². The van der Waals surface area contributed by atoms with Crippen molar-refractivity contribution in [3.05, 3.63) is 75.9 Å². The lowest BCUT2D eigenvalue weighted by atomic mass is 9.98. The first-order valence-corrected chi connectivity index (χ1v) is 8.73. The van der Waals surface area contributed by atoms with E-state index in [0.717, 1.165) is 22.5 Å². The average Bonchev–Trinajstić information content (AvgIpc) is 2.78. The van der Waals surface area contributed by atoms with Crippen LogP contribution in [0.4, 0.5) is 5.69 Å². The first-order valence-electron chi connectivity index (χ1n) is 7.93. The molecule has 0 aliphatic carbocycles. The summed E-state index contributed by atoms with van der Waals surface area (Å²) in [7, 11) is 1.52. The molecule has 2 heterocycles. The minimum absolute atomic E-state index is 0.430. The molecule has 1 aliphatic rings. The summed E-state index contributed by atoms with van der Waals surface area (Å²) in [5, 5.41) is 16.2. The van der Waals surface area contributed by atoms with Gasteiger partial charge in [-0.25, -0.2) is 4.79 Å². The highest BCUT2D eigenvalue weighted by molar-refractivity contribution is 9.11. The molecule has 1 aromatic heterocycles. The van der Waals surface area contributed by atoms with E-state index in [0.29, 0.717) is 15.9 Å². The summed E-state index contributed by atoms with van der Waals surface area (Å²) in [6.45, 7) is 1.91. The van der Waals surface area contributed by atoms with E-state index < -0.39 is 12.0 Å². The van der Waals surface area contributed by atoms with Crippen LogP contribution in [0.15, 0.2) is 64.7 Å². The largest absolute Gasteiger partial charge is 0.488 e. The van der Waals surface area contributed by atoms with Gasteiger partial charge in [0.25, 0.3) is 0 Å². The SMILES string of the molecule is CO/C(Br)=C1/NC(C(=O)O)c2ccccc2C(Nc2cccnc2)=C1C. The Balaban J connectivity index is 2.24. The predicted octanol–water partition coefficient (Wildman–Crippen LogP) is 3.86. The molecule has 0 saturated heterocycles. The molecule has 1 atom stereocenters. The molecule has 1 aliphatic heterocycles. The number of hydrogen-bond acceptors (Lipinski definition) is 5. The molecule has 0 radical (unpaired) electrons. The fourth-order valence-corrected chi connectivity index (χ4v) is 3.29. The quantitative estimate of drug-likeness (QED) is 0.657. The highest BCUT2D eigenvalue weighted by Gasteiger charge is 2.30. The summed E-state index contributed by atoms with van der Waals surface area (Å²) in [4.78, 5) is 16.0. The molecule has 0 fully saturated rings. The molecule has 2 aromatic rings. The second-order valence-electron chi connectivity index (χ2n) is 5.72. The van der Waals surface area contributed by atoms with Gasteiger partial charge in [0, 0.05) is 17.3 Å². The van der Waals surface area contributed by atoms with Crippen LogP contribution in [0.2, 0.25) is 0 Å². The van der Waals surface area contributed by atoms with Crippen molar-refractivity contribution in [1.29, 1.82) is 0 Å². The van der Waals surface area contributed by atoms with Crippen LogP contribution in [0.5, 0.6) is 0 Å². The molecular weight excluding hydrogens is 398 g/mol. The van der Waals surface area contributed by atoms with Crippen LogP contribution in [0.25, 0.3) is 5.70 Å². The van der Waals surface area contributed by atoms with Gasteiger partial charge in [-0.1, -0.05) is 24.3 Å². The number of hydrogen-bond donors (Lipinski definition) is 3. The molecule has 0 bridgehead atoms. The Morgan fingerprint density at radius 1 is 1.31 bits per heavy atom. The van der Waals surface area contributed by atoms with Gasteiger partial charge in [-0.3, -0.25) is 4.98 Å². The molecule has 3 rings (SSSR count). The van der Waals surface area contributed by atoms with Crippen LogP contribution in [-0.4, -0.2) is 23.2 Å². The standard InChI is InChI=1S/C19H18BrN3O3/c1-11-15(22-12-6-5-9-21-10-12)13-7-3-4-8-14(13)17(19(24)25)23-16(11)18(20)26-2/h3-10,17,22-23H,1-2H3,(H,24,25)/b18-16+. The van der Waals surface area contributed by atoms with E-state index in [1.807, 2.05) is 43.3 Å². The molecule has 7 heteroatoms. The van der Waals surface area contributed by atoms with Crippen molar-refractivity contribution in [3.63, 3.8) is 0 Å². The summed E-state index contributed by atoms with van der Waals surface area (Å²) in [5.41, 5.74) is 4.45. The molecule has 0 saturated carbocycles. The number of fused-ring (bicyclic) bond motifs is 1. The zero-order chi connectivity index (χ0) is 18.7. The molecule has 0 spiro atoms. The molecular formula is C19H18BrN3O3. The molecule has 0 amide bonds. The summed E-state index contributed by atoms with van der Waals surface area (Å²) >= 11 is 3.38. The number of methoxy groups -OCH3 is 1. The second kappa shape index (κ2) is 7.61. The van der Waals surface area contributed by atoms with E-state index in [1.54, 1.807) is 12.4 Å². The lowest BCUT2D eigenvalue weighted by molar-refractivity contribution is -0.139. The van der Waals surface area contributed by atoms with E-state index >= 15 is 0 Å². The van der Waals surface area contributed by atoms with Crippen molar-refractivity contribution < 1.29 is 14.6 Å². The lowest BCUT2D eigenvalue weighted by Crippen LogP contribution is -2.28. The molecule has 6 nitrogen and oxygen atoms in total. The van der Waals surface area contributed by atoms with E-state index in [2.05, 4.69) is 31.5 Å². The van der Waals surface area contributed by atoms with Gasteiger partial charge in [-0.15, -0.1) is 0 Å². The Labute approximate surface area is 159 Å². The number of anilines is 1. The molecule has 26 heavy (non-hydrogen) atoms. The summed E-state index contributed by atoms with van der Waals surface area (Å²) in [5.74, 6) is -0.971. The summed E-state index contributed by atoms with van der Waals surface area (Å²) in [6, 6.07) is 10.2. The maximum atomic E-state index is 11.9. The number of allylic oxidation sites excluding steroid dienone is 1. The van der Waals surface area contributed by atoms with Crippen molar-refractivity contribution in [1.82, 2.24) is 10.3 Å². The fraction of sp³-hybridized carbons (Fsp3) is 0.158. The Morgan fingerprint density at radius 3 is 2.73 bits per heavy atom. The maximum absolute atomic E-state index is 11.9. The molecule has 1 aromatic carbocycles. The minimum Gasteiger partial charge on any atom is -0.488 e. The van der Waals surface area contributed by atoms with Crippen molar-refractivity contribution >= 4 is 33.3 Å². The number of rotatable bonds is 4. The Morgan fingerprint density at radius 2 is 2.08 bits per heavy atom. The number of benzene rings is 1. The number of pyridine rings is 1. The average molecular weight is 416 g/mol. The fourth-order valence-electron chi connectivity index (χ4n) is 2.88. The van der Waals surface area contributed by atoms with Crippen LogP contribution in [-0.2, 0) is 9.53 Å². The predicted molar refractivity (Wildman–Crippen MR) is 103 cm³/mol. The van der Waals surface area contributed by atoms with Gasteiger partial charge < -0.3 is 20.5 Å². The molecule has 134 valence electrons. The number of ether oxygens (including phenoxy) is 1. The van der Waals surface area contributed by atoms with E-state index in [1.165, 1.54) is 7.11 Å².